The molecule has 0 aliphatic heterocycles. The Morgan fingerprint density at radius 2 is 1.81 bits per heavy atom. The van der Waals surface area contributed by atoms with Crippen molar-refractivity contribution in [2.45, 2.75) is 9.96 Å². The number of rotatable bonds is 4. The van der Waals surface area contributed by atoms with Gasteiger partial charge in [0.05, 0.1) is 0 Å². The molecule has 2 rings (SSSR count). The normalized spacial score (nSPS) is 13.0. The number of carbonyl (C=O) groups excluding carboxylic acids is 1. The summed E-state index contributed by atoms with van der Waals surface area (Å²) in [5, 5.41) is 7.21. The van der Waals surface area contributed by atoms with E-state index in [-0.39, 0.29) is 0 Å². The van der Waals surface area contributed by atoms with E-state index in [0.29, 0.717) is 5.69 Å². The Kier molecular flexibility index (Phi) is 5.14. The third kappa shape index (κ3) is 4.37. The van der Waals surface area contributed by atoms with E-state index in [1.807, 2.05) is 36.4 Å². The molecule has 0 spiro atoms. The van der Waals surface area contributed by atoms with Crippen LogP contribution in [0.1, 0.15) is 0 Å². The maximum Gasteiger partial charge on any atom is 0.253 e. The maximum absolute atomic E-state index is 12.3. The van der Waals surface area contributed by atoms with Crippen LogP contribution >= 0.6 is 34.8 Å². The fourth-order valence-corrected chi connectivity index (χ4v) is 2.17. The maximum atomic E-state index is 12.3. The molecule has 21 heavy (non-hydrogen) atoms. The van der Waals surface area contributed by atoms with Gasteiger partial charge in [-0.05, 0) is 22.9 Å². The third-order valence-corrected chi connectivity index (χ3v) is 3.47. The van der Waals surface area contributed by atoms with Crippen molar-refractivity contribution in [2.24, 2.45) is 0 Å². The van der Waals surface area contributed by atoms with E-state index < -0.39 is 22.5 Å². The Bertz CT molecular complexity index is 645. The van der Waals surface area contributed by atoms with E-state index in [4.69, 9.17) is 34.8 Å². The highest BCUT2D eigenvalue weighted by atomic mass is 35.6. The summed E-state index contributed by atoms with van der Waals surface area (Å²) in [5.41, 5.74) is 0.643. The Morgan fingerprint density at radius 3 is 2.43 bits per heavy atom. The molecule has 0 aliphatic rings. The molecule has 1 atom stereocenters. The van der Waals surface area contributed by atoms with Gasteiger partial charge in [0.2, 0.25) is 3.79 Å². The molecule has 2 N–H and O–H groups in total. The molecule has 0 unspecified atom stereocenters. The van der Waals surface area contributed by atoms with Gasteiger partial charge < -0.3 is 10.6 Å². The Morgan fingerprint density at radius 1 is 1.14 bits per heavy atom. The summed E-state index contributed by atoms with van der Waals surface area (Å²) in [6.07, 6.45) is -1.05. The molecule has 7 heteroatoms. The van der Waals surface area contributed by atoms with Crippen molar-refractivity contribution in [1.82, 2.24) is 5.32 Å². The smallest absolute Gasteiger partial charge is 0.253 e. The molecule has 1 amide bonds. The molecule has 0 aliphatic carbocycles. The van der Waals surface area contributed by atoms with Gasteiger partial charge in [-0.15, -0.1) is 0 Å². The molecule has 0 saturated heterocycles. The lowest BCUT2D eigenvalue weighted by Crippen LogP contribution is -2.49. The topological polar surface area (TPSA) is 41.1 Å². The number of nitrogens with one attached hydrogen (secondary N) is 2. The summed E-state index contributed by atoms with van der Waals surface area (Å²) in [5.74, 6) is -0.861. The monoisotopic (exact) mass is 348 g/mol. The molecule has 112 valence electrons. The Hall–Kier alpha value is -1.23. The summed E-state index contributed by atoms with van der Waals surface area (Å²) in [6, 6.07) is 13.3. The van der Waals surface area contributed by atoms with Gasteiger partial charge >= 0.3 is 0 Å². The molecule has 2 aromatic rings. The van der Waals surface area contributed by atoms with Crippen LogP contribution in [0.25, 0.3) is 10.8 Å². The Balaban J connectivity index is 2.23. The average Bonchev–Trinajstić information content (AvgIpc) is 2.45. The highest BCUT2D eigenvalue weighted by molar-refractivity contribution is 6.68. The van der Waals surface area contributed by atoms with Gasteiger partial charge in [0.25, 0.3) is 5.91 Å². The number of carbonyl (C=O) groups is 1. The third-order valence-electron chi connectivity index (χ3n) is 2.81. The van der Waals surface area contributed by atoms with E-state index in [0.717, 1.165) is 10.8 Å². The van der Waals surface area contributed by atoms with Gasteiger partial charge in [0, 0.05) is 5.69 Å². The molecule has 0 fully saturated rings. The van der Waals surface area contributed by atoms with E-state index >= 15 is 0 Å². The zero-order valence-electron chi connectivity index (χ0n) is 10.7. The minimum Gasteiger partial charge on any atom is -0.362 e. The molecule has 2 aromatic carbocycles. The van der Waals surface area contributed by atoms with Gasteiger partial charge in [-0.25, -0.2) is 4.39 Å². The number of anilines is 1. The van der Waals surface area contributed by atoms with Crippen LogP contribution < -0.4 is 10.6 Å². The molecule has 0 saturated carbocycles. The SMILES string of the molecule is O=C(CF)N[C@H](Nc1ccc2ccccc2c1)C(Cl)(Cl)Cl. The van der Waals surface area contributed by atoms with Crippen molar-refractivity contribution in [3.05, 3.63) is 42.5 Å². The van der Waals surface area contributed by atoms with E-state index in [1.165, 1.54) is 0 Å². The van der Waals surface area contributed by atoms with Crippen LogP contribution in [0, 0.1) is 0 Å². The number of hydrogen-bond acceptors (Lipinski definition) is 2. The first kappa shape index (κ1) is 16.1. The number of halogens is 4. The van der Waals surface area contributed by atoms with Crippen molar-refractivity contribution in [2.75, 3.05) is 12.0 Å². The summed E-state index contributed by atoms with van der Waals surface area (Å²) in [7, 11) is 0. The van der Waals surface area contributed by atoms with Crippen LogP contribution in [0.3, 0.4) is 0 Å². The van der Waals surface area contributed by atoms with Gasteiger partial charge in [-0.2, -0.15) is 0 Å². The molecular weight excluding hydrogens is 338 g/mol. The number of benzene rings is 2. The second kappa shape index (κ2) is 6.69. The number of fused-ring (bicyclic) bond motifs is 1. The minimum atomic E-state index is -1.82. The first-order chi connectivity index (χ1) is 9.90. The minimum absolute atomic E-state index is 0.643. The summed E-state index contributed by atoms with van der Waals surface area (Å²) < 4.78 is 10.5. The predicted octanol–water partition coefficient (Wildman–Crippen LogP) is 4.03. The van der Waals surface area contributed by atoms with Gasteiger partial charge in [-0.1, -0.05) is 65.1 Å². The van der Waals surface area contributed by atoms with Crippen LogP contribution in [-0.4, -0.2) is 22.5 Å². The summed E-state index contributed by atoms with van der Waals surface area (Å²) >= 11 is 17.4. The van der Waals surface area contributed by atoms with Crippen LogP contribution in [0.2, 0.25) is 0 Å². The van der Waals surface area contributed by atoms with Gasteiger partial charge in [0.1, 0.15) is 6.17 Å². The average molecular weight is 350 g/mol. The fraction of sp³-hybridized carbons (Fsp3) is 0.214. The van der Waals surface area contributed by atoms with Crippen LogP contribution in [-0.2, 0) is 4.79 Å². The summed E-state index contributed by atoms with van der Waals surface area (Å²) in [4.78, 5) is 11.2. The van der Waals surface area contributed by atoms with Crippen LogP contribution in [0.5, 0.6) is 0 Å². The van der Waals surface area contributed by atoms with E-state index in [2.05, 4.69) is 10.6 Å². The standard InChI is InChI=1S/C14H12Cl3FN2O/c15-14(16,17)13(20-12(21)8-18)19-11-6-5-9-3-1-2-4-10(9)7-11/h1-7,13,19H,8H2,(H,20,21)/t13-/m0/s1. The lowest BCUT2D eigenvalue weighted by atomic mass is 10.1. The van der Waals surface area contributed by atoms with Crippen LogP contribution in [0.4, 0.5) is 10.1 Å². The quantitative estimate of drug-likeness (QED) is 0.646. The van der Waals surface area contributed by atoms with Crippen molar-refractivity contribution in [3.63, 3.8) is 0 Å². The number of alkyl halides is 4. The largest absolute Gasteiger partial charge is 0.362 e. The molecule has 0 radical (unpaired) electrons. The zero-order valence-corrected chi connectivity index (χ0v) is 13.0. The molecule has 0 heterocycles. The summed E-state index contributed by atoms with van der Waals surface area (Å²) in [6.45, 7) is -1.18. The number of amides is 1. The van der Waals surface area contributed by atoms with Gasteiger partial charge in [0.15, 0.2) is 6.67 Å². The molecular formula is C14H12Cl3FN2O. The molecule has 3 nitrogen and oxygen atoms in total. The molecule has 0 aromatic heterocycles. The second-order valence-corrected chi connectivity index (χ2v) is 6.75. The predicted molar refractivity (Wildman–Crippen MR) is 85.8 cm³/mol. The number of hydrogen-bond donors (Lipinski definition) is 2. The molecule has 0 bridgehead atoms. The van der Waals surface area contributed by atoms with E-state index in [1.54, 1.807) is 6.07 Å². The Labute approximate surface area is 136 Å². The van der Waals surface area contributed by atoms with Crippen molar-refractivity contribution < 1.29 is 9.18 Å². The highest BCUT2D eigenvalue weighted by Gasteiger charge is 2.34. The van der Waals surface area contributed by atoms with Crippen molar-refractivity contribution in [3.8, 4) is 0 Å². The highest BCUT2D eigenvalue weighted by Crippen LogP contribution is 2.31. The first-order valence-corrected chi connectivity index (χ1v) is 7.21. The van der Waals surface area contributed by atoms with Crippen LogP contribution in [0.15, 0.2) is 42.5 Å². The van der Waals surface area contributed by atoms with Crippen molar-refractivity contribution >= 4 is 57.2 Å². The van der Waals surface area contributed by atoms with Crippen molar-refractivity contribution in [1.29, 1.82) is 0 Å². The fourth-order valence-electron chi connectivity index (χ4n) is 1.85. The first-order valence-electron chi connectivity index (χ1n) is 6.07. The zero-order chi connectivity index (χ0) is 15.5. The lowest BCUT2D eigenvalue weighted by molar-refractivity contribution is -0.122. The van der Waals surface area contributed by atoms with Gasteiger partial charge in [-0.3, -0.25) is 4.79 Å². The lowest BCUT2D eigenvalue weighted by Gasteiger charge is -2.27. The van der Waals surface area contributed by atoms with E-state index in [9.17, 15) is 9.18 Å². The second-order valence-electron chi connectivity index (χ2n) is 4.38.